The van der Waals surface area contributed by atoms with E-state index in [9.17, 15) is 15.3 Å². The molecule has 0 spiro atoms. The highest BCUT2D eigenvalue weighted by Gasteiger charge is 2.12. The summed E-state index contributed by atoms with van der Waals surface area (Å²) < 4.78 is 12.3. The zero-order valence-corrected chi connectivity index (χ0v) is 20.4. The Labute approximate surface area is 208 Å². The minimum absolute atomic E-state index is 0.0340. The molecule has 0 aliphatic carbocycles. The van der Waals surface area contributed by atoms with Gasteiger partial charge in [0.2, 0.25) is 0 Å². The number of phenolic OH excluding ortho intramolecular Hbond substituents is 1. The second-order valence-electron chi connectivity index (χ2n) is 7.87. The minimum atomic E-state index is -0.888. The molecule has 178 valence electrons. The van der Waals surface area contributed by atoms with Crippen LogP contribution in [0.3, 0.4) is 0 Å². The van der Waals surface area contributed by atoms with Crippen LogP contribution in [0, 0.1) is 0 Å². The van der Waals surface area contributed by atoms with Crippen LogP contribution in [0.2, 0.25) is 0 Å². The normalized spacial score (nSPS) is 12.4. The van der Waals surface area contributed by atoms with E-state index in [0.29, 0.717) is 18.6 Å². The average molecular weight is 525 g/mol. The SMILES string of the molecule is Oc1ccc(Br)cc1[C@H](O)CC=C=C(COc1ccccc1)C[C@@H](O)COCc1ccccc1. The summed E-state index contributed by atoms with van der Waals surface area (Å²) in [5, 5.41) is 31.0. The van der Waals surface area contributed by atoms with Gasteiger partial charge in [0.1, 0.15) is 18.1 Å². The molecule has 0 unspecified atom stereocenters. The number of rotatable bonds is 12. The van der Waals surface area contributed by atoms with Gasteiger partial charge in [-0.2, -0.15) is 0 Å². The molecular formula is C28H29BrO5. The van der Waals surface area contributed by atoms with E-state index < -0.39 is 12.2 Å². The molecule has 0 aliphatic heterocycles. The van der Waals surface area contributed by atoms with Gasteiger partial charge in [-0.05, 0) is 42.0 Å². The number of aromatic hydroxyl groups is 1. The number of aliphatic hydroxyl groups excluding tert-OH is 2. The van der Waals surface area contributed by atoms with Crippen LogP contribution in [0.5, 0.6) is 11.5 Å². The summed E-state index contributed by atoms with van der Waals surface area (Å²) in [6.45, 7) is 0.851. The van der Waals surface area contributed by atoms with Crippen molar-refractivity contribution >= 4 is 15.9 Å². The molecule has 3 N–H and O–H groups in total. The van der Waals surface area contributed by atoms with E-state index in [-0.39, 0.29) is 25.4 Å². The van der Waals surface area contributed by atoms with Crippen LogP contribution in [0.1, 0.15) is 30.1 Å². The first-order valence-corrected chi connectivity index (χ1v) is 11.9. The summed E-state index contributed by atoms with van der Waals surface area (Å²) in [6, 6.07) is 24.1. The third kappa shape index (κ3) is 8.82. The Morgan fingerprint density at radius 3 is 2.41 bits per heavy atom. The molecule has 0 amide bonds. The van der Waals surface area contributed by atoms with Crippen LogP contribution in [0.25, 0.3) is 0 Å². The smallest absolute Gasteiger partial charge is 0.121 e. The van der Waals surface area contributed by atoms with Gasteiger partial charge in [0.15, 0.2) is 0 Å². The van der Waals surface area contributed by atoms with Crippen molar-refractivity contribution in [3.8, 4) is 11.5 Å². The molecule has 0 fully saturated rings. The molecule has 0 heterocycles. The molecule has 3 aromatic rings. The van der Waals surface area contributed by atoms with Gasteiger partial charge in [-0.1, -0.05) is 64.5 Å². The highest BCUT2D eigenvalue weighted by molar-refractivity contribution is 9.10. The van der Waals surface area contributed by atoms with Gasteiger partial charge in [0.25, 0.3) is 0 Å². The molecule has 5 nitrogen and oxygen atoms in total. The lowest BCUT2D eigenvalue weighted by Crippen LogP contribution is -2.18. The van der Waals surface area contributed by atoms with E-state index in [1.165, 1.54) is 6.07 Å². The molecule has 0 saturated carbocycles. The lowest BCUT2D eigenvalue weighted by atomic mass is 10.0. The first-order chi connectivity index (χ1) is 16.5. The molecule has 0 radical (unpaired) electrons. The van der Waals surface area contributed by atoms with E-state index >= 15 is 0 Å². The summed E-state index contributed by atoms with van der Waals surface area (Å²) in [4.78, 5) is 0. The largest absolute Gasteiger partial charge is 0.508 e. The number of halogens is 1. The fourth-order valence-corrected chi connectivity index (χ4v) is 3.69. The minimum Gasteiger partial charge on any atom is -0.508 e. The predicted octanol–water partition coefficient (Wildman–Crippen LogP) is 5.71. The molecule has 3 rings (SSSR count). The Hall–Kier alpha value is -2.86. The number of phenols is 1. The second-order valence-corrected chi connectivity index (χ2v) is 8.78. The number of para-hydroxylation sites is 1. The van der Waals surface area contributed by atoms with E-state index in [0.717, 1.165) is 21.4 Å². The third-order valence-electron chi connectivity index (χ3n) is 5.06. The van der Waals surface area contributed by atoms with Crippen molar-refractivity contribution in [3.63, 3.8) is 0 Å². The van der Waals surface area contributed by atoms with Gasteiger partial charge < -0.3 is 24.8 Å². The summed E-state index contributed by atoms with van der Waals surface area (Å²) in [6.07, 6.45) is 0.653. The number of aliphatic hydroxyl groups is 2. The maximum Gasteiger partial charge on any atom is 0.121 e. The van der Waals surface area contributed by atoms with Gasteiger partial charge in [-0.15, -0.1) is 5.73 Å². The van der Waals surface area contributed by atoms with Crippen molar-refractivity contribution in [1.82, 2.24) is 0 Å². The number of benzene rings is 3. The van der Waals surface area contributed by atoms with Crippen molar-refractivity contribution in [2.45, 2.75) is 31.7 Å². The highest BCUT2D eigenvalue weighted by Crippen LogP contribution is 2.29. The topological polar surface area (TPSA) is 79.2 Å². The van der Waals surface area contributed by atoms with Crippen LogP contribution in [-0.4, -0.2) is 34.6 Å². The fourth-order valence-electron chi connectivity index (χ4n) is 3.31. The Bertz CT molecular complexity index is 1080. The molecule has 3 aromatic carbocycles. The number of ether oxygens (including phenoxy) is 2. The molecule has 34 heavy (non-hydrogen) atoms. The van der Waals surface area contributed by atoms with Crippen LogP contribution >= 0.6 is 15.9 Å². The van der Waals surface area contributed by atoms with Crippen LogP contribution in [-0.2, 0) is 11.3 Å². The molecule has 0 saturated heterocycles. The molecule has 0 aliphatic rings. The molecule has 0 aromatic heterocycles. The summed E-state index contributed by atoms with van der Waals surface area (Å²) >= 11 is 3.35. The van der Waals surface area contributed by atoms with E-state index in [1.54, 1.807) is 18.2 Å². The van der Waals surface area contributed by atoms with Gasteiger partial charge in [-0.25, -0.2) is 0 Å². The first kappa shape index (κ1) is 25.8. The van der Waals surface area contributed by atoms with E-state index in [2.05, 4.69) is 21.7 Å². The lowest BCUT2D eigenvalue weighted by molar-refractivity contribution is 0.0280. The highest BCUT2D eigenvalue weighted by atomic mass is 79.9. The Morgan fingerprint density at radius 2 is 1.68 bits per heavy atom. The molecule has 6 heteroatoms. The van der Waals surface area contributed by atoms with E-state index in [1.807, 2.05) is 60.7 Å². The standard InChI is InChI=1S/C28H29BrO5/c29-23-14-15-28(32)26(17-23)27(31)13-7-10-22(19-34-25-11-5-2-6-12-25)16-24(30)20-33-18-21-8-3-1-4-9-21/h1-9,11-12,14-15,17,24,27,30-32H,13,16,18-20H2/t10?,24-,27-/m1/s1. The Kier molecular flexibility index (Phi) is 10.4. The van der Waals surface area contributed by atoms with Crippen LogP contribution < -0.4 is 4.74 Å². The Morgan fingerprint density at radius 1 is 0.971 bits per heavy atom. The van der Waals surface area contributed by atoms with Gasteiger partial charge in [-0.3, -0.25) is 0 Å². The Balaban J connectivity index is 1.62. The summed E-state index contributed by atoms with van der Waals surface area (Å²) in [5.74, 6) is 0.752. The van der Waals surface area contributed by atoms with Crippen molar-refractivity contribution in [2.75, 3.05) is 13.2 Å². The number of hydrogen-bond donors (Lipinski definition) is 3. The quantitative estimate of drug-likeness (QED) is 0.264. The zero-order valence-electron chi connectivity index (χ0n) is 18.8. The monoisotopic (exact) mass is 524 g/mol. The summed E-state index contributed by atoms with van der Waals surface area (Å²) in [5.41, 5.74) is 5.38. The van der Waals surface area contributed by atoms with Crippen LogP contribution in [0.4, 0.5) is 0 Å². The lowest BCUT2D eigenvalue weighted by Gasteiger charge is -2.14. The van der Waals surface area contributed by atoms with Crippen LogP contribution in [0.15, 0.2) is 101 Å². The average Bonchev–Trinajstić information content (AvgIpc) is 2.85. The predicted molar refractivity (Wildman–Crippen MR) is 136 cm³/mol. The van der Waals surface area contributed by atoms with Crippen molar-refractivity contribution in [3.05, 3.63) is 112 Å². The molecular weight excluding hydrogens is 496 g/mol. The van der Waals surface area contributed by atoms with Crippen molar-refractivity contribution in [2.24, 2.45) is 0 Å². The molecule has 0 bridgehead atoms. The van der Waals surface area contributed by atoms with Crippen molar-refractivity contribution < 1.29 is 24.8 Å². The van der Waals surface area contributed by atoms with Gasteiger partial charge in [0, 0.05) is 28.5 Å². The fraction of sp³-hybridized carbons (Fsp3) is 0.250. The van der Waals surface area contributed by atoms with Gasteiger partial charge in [0.05, 0.1) is 25.4 Å². The second kappa shape index (κ2) is 13.8. The maximum absolute atomic E-state index is 10.5. The zero-order chi connectivity index (χ0) is 24.2. The maximum atomic E-state index is 10.5. The summed E-state index contributed by atoms with van der Waals surface area (Å²) in [7, 11) is 0. The van der Waals surface area contributed by atoms with Gasteiger partial charge >= 0.3 is 0 Å². The third-order valence-corrected chi connectivity index (χ3v) is 5.55. The van der Waals surface area contributed by atoms with E-state index in [4.69, 9.17) is 9.47 Å². The molecule has 2 atom stereocenters. The number of hydrogen-bond acceptors (Lipinski definition) is 5. The van der Waals surface area contributed by atoms with Crippen molar-refractivity contribution in [1.29, 1.82) is 0 Å². The first-order valence-electron chi connectivity index (χ1n) is 11.1.